The number of halogens is 3. The van der Waals surface area contributed by atoms with E-state index in [4.69, 9.17) is 0 Å². The Balaban J connectivity index is 3.18. The average molecular weight is 248 g/mol. The first-order valence-electron chi connectivity index (χ1n) is 4.67. The molecule has 1 aromatic carbocycles. The molecule has 0 spiro atoms. The fraction of sp³-hybridized carbons (Fsp3) is 0.364. The third-order valence-corrected chi connectivity index (χ3v) is 2.14. The molecule has 17 heavy (non-hydrogen) atoms. The molecule has 0 saturated carbocycles. The van der Waals surface area contributed by atoms with Crippen molar-refractivity contribution >= 4 is 5.78 Å². The highest BCUT2D eigenvalue weighted by Gasteiger charge is 2.36. The fourth-order valence-electron chi connectivity index (χ4n) is 1.38. The lowest BCUT2D eigenvalue weighted by atomic mass is 10.0. The van der Waals surface area contributed by atoms with Gasteiger partial charge in [-0.1, -0.05) is 18.2 Å². The lowest BCUT2D eigenvalue weighted by molar-refractivity contribution is -0.138. The van der Waals surface area contributed by atoms with Crippen LogP contribution in [-0.2, 0) is 15.7 Å². The summed E-state index contributed by atoms with van der Waals surface area (Å²) in [6, 6.07) is 4.50. The number of hydrogen-bond acceptors (Lipinski definition) is 3. The van der Waals surface area contributed by atoms with Crippen molar-refractivity contribution in [3.63, 3.8) is 0 Å². The monoisotopic (exact) mass is 248 g/mol. The zero-order valence-electron chi connectivity index (χ0n) is 9.25. The van der Waals surface area contributed by atoms with Crippen molar-refractivity contribution in [3.05, 3.63) is 35.4 Å². The maximum absolute atomic E-state index is 12.6. The highest BCUT2D eigenvalue weighted by molar-refractivity contribution is 6.00. The molecule has 0 atom stereocenters. The largest absolute Gasteiger partial charge is 0.417 e. The Morgan fingerprint density at radius 1 is 1.18 bits per heavy atom. The average Bonchev–Trinajstić information content (AvgIpc) is 2.29. The second kappa shape index (κ2) is 5.29. The van der Waals surface area contributed by atoms with E-state index in [-0.39, 0.29) is 0 Å². The van der Waals surface area contributed by atoms with Crippen molar-refractivity contribution in [2.75, 3.05) is 14.2 Å². The van der Waals surface area contributed by atoms with Gasteiger partial charge in [-0.2, -0.15) is 13.2 Å². The molecule has 0 N–H and O–H groups in total. The van der Waals surface area contributed by atoms with E-state index >= 15 is 0 Å². The van der Waals surface area contributed by atoms with Gasteiger partial charge in [0.05, 0.1) is 5.56 Å². The Bertz CT molecular complexity index is 397. The summed E-state index contributed by atoms with van der Waals surface area (Å²) in [4.78, 5) is 11.7. The number of alkyl halides is 3. The number of benzene rings is 1. The molecule has 0 aliphatic rings. The van der Waals surface area contributed by atoms with Crippen molar-refractivity contribution < 1.29 is 27.4 Å². The number of rotatable bonds is 4. The molecule has 0 fully saturated rings. The van der Waals surface area contributed by atoms with Gasteiger partial charge in [0, 0.05) is 19.8 Å². The van der Waals surface area contributed by atoms with Crippen LogP contribution in [0.3, 0.4) is 0 Å². The van der Waals surface area contributed by atoms with E-state index in [2.05, 4.69) is 9.47 Å². The van der Waals surface area contributed by atoms with Crippen LogP contribution in [-0.4, -0.2) is 26.3 Å². The summed E-state index contributed by atoms with van der Waals surface area (Å²) in [5.41, 5.74) is -1.46. The SMILES string of the molecule is COC(OC)C(=O)c1ccccc1C(F)(F)F. The van der Waals surface area contributed by atoms with Crippen molar-refractivity contribution in [1.82, 2.24) is 0 Å². The van der Waals surface area contributed by atoms with Gasteiger partial charge in [0.25, 0.3) is 0 Å². The van der Waals surface area contributed by atoms with Crippen molar-refractivity contribution in [1.29, 1.82) is 0 Å². The Hall–Kier alpha value is -1.40. The molecule has 0 aromatic heterocycles. The van der Waals surface area contributed by atoms with Gasteiger partial charge in [0.15, 0.2) is 0 Å². The molecule has 1 rings (SSSR count). The van der Waals surface area contributed by atoms with E-state index in [9.17, 15) is 18.0 Å². The van der Waals surface area contributed by atoms with Gasteiger partial charge in [-0.05, 0) is 6.07 Å². The van der Waals surface area contributed by atoms with Gasteiger partial charge in [-0.25, -0.2) is 0 Å². The normalized spacial score (nSPS) is 11.9. The second-order valence-corrected chi connectivity index (χ2v) is 3.21. The molecule has 0 radical (unpaired) electrons. The van der Waals surface area contributed by atoms with Crippen LogP contribution in [0.1, 0.15) is 15.9 Å². The van der Waals surface area contributed by atoms with Crippen LogP contribution in [0.15, 0.2) is 24.3 Å². The molecule has 0 unspecified atom stereocenters. The first-order valence-corrected chi connectivity index (χ1v) is 4.67. The van der Waals surface area contributed by atoms with E-state index in [1.54, 1.807) is 0 Å². The molecular weight excluding hydrogens is 237 g/mol. The molecule has 94 valence electrons. The molecule has 0 bridgehead atoms. The van der Waals surface area contributed by atoms with E-state index in [1.165, 1.54) is 26.4 Å². The molecule has 0 aliphatic carbocycles. The molecule has 0 aliphatic heterocycles. The quantitative estimate of drug-likeness (QED) is 0.606. The molecular formula is C11H11F3O3. The standard InChI is InChI=1S/C11H11F3O3/c1-16-10(17-2)9(15)7-5-3-4-6-8(7)11(12,13)14/h3-6,10H,1-2H3. The molecule has 1 aromatic rings. The molecule has 3 nitrogen and oxygen atoms in total. The summed E-state index contributed by atoms with van der Waals surface area (Å²) in [7, 11) is 2.37. The Labute approximate surface area is 96.1 Å². The van der Waals surface area contributed by atoms with Crippen LogP contribution >= 0.6 is 0 Å². The van der Waals surface area contributed by atoms with Crippen LogP contribution in [0.4, 0.5) is 13.2 Å². The minimum absolute atomic E-state index is 0.464. The lowest BCUT2D eigenvalue weighted by Gasteiger charge is -2.16. The molecule has 0 heterocycles. The summed E-state index contributed by atoms with van der Waals surface area (Å²) in [5, 5.41) is 0. The Kier molecular flexibility index (Phi) is 4.25. The summed E-state index contributed by atoms with van der Waals surface area (Å²) in [6.45, 7) is 0. The summed E-state index contributed by atoms with van der Waals surface area (Å²) in [6.07, 6.45) is -5.92. The predicted molar refractivity (Wildman–Crippen MR) is 53.6 cm³/mol. The van der Waals surface area contributed by atoms with Crippen LogP contribution in [0.2, 0.25) is 0 Å². The predicted octanol–water partition coefficient (Wildman–Crippen LogP) is 2.51. The topological polar surface area (TPSA) is 35.5 Å². The van der Waals surface area contributed by atoms with E-state index < -0.39 is 29.4 Å². The van der Waals surface area contributed by atoms with Crippen LogP contribution < -0.4 is 0 Å². The Morgan fingerprint density at radius 2 is 1.71 bits per heavy atom. The van der Waals surface area contributed by atoms with E-state index in [1.807, 2.05) is 0 Å². The van der Waals surface area contributed by atoms with Gasteiger partial charge < -0.3 is 9.47 Å². The molecule has 6 heteroatoms. The minimum atomic E-state index is -4.59. The van der Waals surface area contributed by atoms with Gasteiger partial charge >= 0.3 is 6.18 Å². The first kappa shape index (κ1) is 13.7. The number of hydrogen-bond donors (Lipinski definition) is 0. The zero-order chi connectivity index (χ0) is 13.1. The van der Waals surface area contributed by atoms with Gasteiger partial charge in [-0.15, -0.1) is 0 Å². The molecule has 0 amide bonds. The number of ketones is 1. The van der Waals surface area contributed by atoms with Crippen LogP contribution in [0.25, 0.3) is 0 Å². The maximum atomic E-state index is 12.6. The van der Waals surface area contributed by atoms with Crippen molar-refractivity contribution in [3.8, 4) is 0 Å². The smallest absolute Gasteiger partial charge is 0.349 e. The Morgan fingerprint density at radius 3 is 2.18 bits per heavy atom. The summed E-state index contributed by atoms with van der Waals surface area (Å²) in [5.74, 6) is -0.858. The minimum Gasteiger partial charge on any atom is -0.349 e. The first-order chi connectivity index (χ1) is 7.91. The van der Waals surface area contributed by atoms with E-state index in [0.717, 1.165) is 12.1 Å². The van der Waals surface area contributed by atoms with E-state index in [0.29, 0.717) is 0 Å². The number of ether oxygens (including phenoxy) is 2. The third kappa shape index (κ3) is 3.04. The van der Waals surface area contributed by atoms with Crippen LogP contribution in [0, 0.1) is 0 Å². The number of methoxy groups -OCH3 is 2. The molecule has 0 saturated heterocycles. The highest BCUT2D eigenvalue weighted by Crippen LogP contribution is 2.32. The van der Waals surface area contributed by atoms with Gasteiger partial charge in [0.1, 0.15) is 0 Å². The fourth-order valence-corrected chi connectivity index (χ4v) is 1.38. The summed E-state index contributed by atoms with van der Waals surface area (Å²) >= 11 is 0. The van der Waals surface area contributed by atoms with Crippen molar-refractivity contribution in [2.24, 2.45) is 0 Å². The number of carbonyl (C=O) groups is 1. The van der Waals surface area contributed by atoms with Gasteiger partial charge in [0.2, 0.25) is 12.1 Å². The summed E-state index contributed by atoms with van der Waals surface area (Å²) < 4.78 is 47.2. The van der Waals surface area contributed by atoms with Crippen LogP contribution in [0.5, 0.6) is 0 Å². The second-order valence-electron chi connectivity index (χ2n) is 3.21. The lowest BCUT2D eigenvalue weighted by Crippen LogP contribution is -2.27. The van der Waals surface area contributed by atoms with Gasteiger partial charge in [-0.3, -0.25) is 4.79 Å². The highest BCUT2D eigenvalue weighted by atomic mass is 19.4. The van der Waals surface area contributed by atoms with Crippen molar-refractivity contribution in [2.45, 2.75) is 12.5 Å². The number of carbonyl (C=O) groups excluding carboxylic acids is 1. The zero-order valence-corrected chi connectivity index (χ0v) is 9.25. The number of Topliss-reactive ketones (excluding diaryl/α,β-unsaturated/α-hetero) is 1. The third-order valence-electron chi connectivity index (χ3n) is 2.14. The maximum Gasteiger partial charge on any atom is 0.417 e.